The Kier molecular flexibility index (Phi) is 5.14. The minimum atomic E-state index is 0.709. The van der Waals surface area contributed by atoms with Crippen molar-refractivity contribution in [3.8, 4) is 0 Å². The maximum Gasteiger partial charge on any atom is 0.0960 e. The lowest BCUT2D eigenvalue weighted by molar-refractivity contribution is 0.417. The van der Waals surface area contributed by atoms with E-state index in [4.69, 9.17) is 11.6 Å². The first-order valence-electron chi connectivity index (χ1n) is 6.21. The molecule has 2 atom stereocenters. The van der Waals surface area contributed by atoms with E-state index >= 15 is 0 Å². The Morgan fingerprint density at radius 3 is 3.06 bits per heavy atom. The fraction of sp³-hybridized carbons (Fsp3) is 0.615. The van der Waals surface area contributed by atoms with Gasteiger partial charge in [0.2, 0.25) is 0 Å². The summed E-state index contributed by atoms with van der Waals surface area (Å²) in [7, 11) is 2.08. The van der Waals surface area contributed by atoms with E-state index in [0.29, 0.717) is 5.02 Å². The quantitative estimate of drug-likeness (QED) is 0.828. The van der Waals surface area contributed by atoms with Crippen LogP contribution in [0.4, 0.5) is 0 Å². The molecule has 1 aliphatic carbocycles. The second-order valence-corrected chi connectivity index (χ2v) is 6.09. The zero-order valence-corrected chi connectivity index (χ0v) is 11.7. The molecule has 0 radical (unpaired) electrons. The van der Waals surface area contributed by atoms with Gasteiger partial charge in [-0.2, -0.15) is 0 Å². The van der Waals surface area contributed by atoms with Crippen LogP contribution in [0.15, 0.2) is 23.4 Å². The first-order valence-corrected chi connectivity index (χ1v) is 7.57. The van der Waals surface area contributed by atoms with Gasteiger partial charge in [0, 0.05) is 12.2 Å². The number of nitrogens with zero attached hydrogens (tertiary/aromatic N) is 1. The fourth-order valence-corrected chi connectivity index (χ4v) is 3.56. The molecular formula is C13H19ClN2S. The highest BCUT2D eigenvalue weighted by molar-refractivity contribution is 7.99. The molecule has 0 saturated heterocycles. The SMILES string of the molecule is CNC1CCCC1CCSc1ccc(Cl)cn1. The monoisotopic (exact) mass is 270 g/mol. The van der Waals surface area contributed by atoms with Gasteiger partial charge in [-0.25, -0.2) is 4.98 Å². The normalized spacial score (nSPS) is 24.1. The van der Waals surface area contributed by atoms with Gasteiger partial charge in [0.05, 0.1) is 10.0 Å². The summed E-state index contributed by atoms with van der Waals surface area (Å²) < 4.78 is 0. The number of halogens is 1. The van der Waals surface area contributed by atoms with Crippen molar-refractivity contribution in [2.24, 2.45) is 5.92 Å². The Labute approximate surface area is 113 Å². The molecular weight excluding hydrogens is 252 g/mol. The lowest BCUT2D eigenvalue weighted by Crippen LogP contribution is -2.29. The van der Waals surface area contributed by atoms with Crippen molar-refractivity contribution in [2.45, 2.75) is 36.8 Å². The molecule has 94 valence electrons. The maximum atomic E-state index is 5.81. The van der Waals surface area contributed by atoms with E-state index < -0.39 is 0 Å². The molecule has 17 heavy (non-hydrogen) atoms. The summed E-state index contributed by atoms with van der Waals surface area (Å²) >= 11 is 7.64. The molecule has 0 aromatic carbocycles. The van der Waals surface area contributed by atoms with Gasteiger partial charge in [0.1, 0.15) is 0 Å². The van der Waals surface area contributed by atoms with Crippen LogP contribution in [0.25, 0.3) is 0 Å². The molecule has 2 rings (SSSR count). The predicted molar refractivity (Wildman–Crippen MR) is 74.8 cm³/mol. The number of hydrogen-bond donors (Lipinski definition) is 1. The van der Waals surface area contributed by atoms with Crippen LogP contribution >= 0.6 is 23.4 Å². The Morgan fingerprint density at radius 2 is 2.35 bits per heavy atom. The molecule has 1 saturated carbocycles. The molecule has 1 fully saturated rings. The van der Waals surface area contributed by atoms with Gasteiger partial charge in [-0.15, -0.1) is 11.8 Å². The van der Waals surface area contributed by atoms with Crippen LogP contribution in [0.2, 0.25) is 5.02 Å². The number of nitrogens with one attached hydrogen (secondary N) is 1. The van der Waals surface area contributed by atoms with Crippen molar-refractivity contribution in [1.29, 1.82) is 0 Å². The Hall–Kier alpha value is -0.250. The van der Waals surface area contributed by atoms with Crippen molar-refractivity contribution >= 4 is 23.4 Å². The van der Waals surface area contributed by atoms with Gasteiger partial charge in [0.15, 0.2) is 0 Å². The van der Waals surface area contributed by atoms with E-state index in [1.54, 1.807) is 6.20 Å². The number of pyridine rings is 1. The van der Waals surface area contributed by atoms with Gasteiger partial charge in [-0.1, -0.05) is 18.0 Å². The minimum Gasteiger partial charge on any atom is -0.317 e. The standard InChI is InChI=1S/C13H19ClN2S/c1-15-12-4-2-3-10(12)7-8-17-13-6-5-11(14)9-16-13/h5-6,9-10,12,15H,2-4,7-8H2,1H3. The van der Waals surface area contributed by atoms with Crippen LogP contribution < -0.4 is 5.32 Å². The van der Waals surface area contributed by atoms with E-state index in [9.17, 15) is 0 Å². The summed E-state index contributed by atoms with van der Waals surface area (Å²) in [6.45, 7) is 0. The first-order chi connectivity index (χ1) is 8.29. The molecule has 1 aromatic rings. The van der Waals surface area contributed by atoms with E-state index in [2.05, 4.69) is 17.3 Å². The van der Waals surface area contributed by atoms with Crippen molar-refractivity contribution in [3.63, 3.8) is 0 Å². The summed E-state index contributed by atoms with van der Waals surface area (Å²) in [5.41, 5.74) is 0. The summed E-state index contributed by atoms with van der Waals surface area (Å²) in [6.07, 6.45) is 7.08. The van der Waals surface area contributed by atoms with Gasteiger partial charge >= 0.3 is 0 Å². The average Bonchev–Trinajstić information content (AvgIpc) is 2.79. The third-order valence-electron chi connectivity index (χ3n) is 3.47. The van der Waals surface area contributed by atoms with E-state index in [1.165, 1.54) is 25.7 Å². The number of thioether (sulfide) groups is 1. The zero-order valence-electron chi connectivity index (χ0n) is 10.2. The van der Waals surface area contributed by atoms with Crippen LogP contribution in [0.5, 0.6) is 0 Å². The molecule has 0 amide bonds. The average molecular weight is 271 g/mol. The molecule has 0 aliphatic heterocycles. The molecule has 4 heteroatoms. The Bertz CT molecular complexity index is 342. The Balaban J connectivity index is 1.74. The van der Waals surface area contributed by atoms with Crippen molar-refractivity contribution in [3.05, 3.63) is 23.4 Å². The van der Waals surface area contributed by atoms with Crippen LogP contribution in [-0.2, 0) is 0 Å². The van der Waals surface area contributed by atoms with E-state index in [-0.39, 0.29) is 0 Å². The number of aromatic nitrogens is 1. The van der Waals surface area contributed by atoms with Crippen LogP contribution in [0, 0.1) is 5.92 Å². The zero-order chi connectivity index (χ0) is 12.1. The van der Waals surface area contributed by atoms with Gasteiger partial charge < -0.3 is 5.32 Å². The van der Waals surface area contributed by atoms with Gasteiger partial charge in [-0.3, -0.25) is 0 Å². The molecule has 2 nitrogen and oxygen atoms in total. The smallest absolute Gasteiger partial charge is 0.0960 e. The lowest BCUT2D eigenvalue weighted by Gasteiger charge is -2.18. The van der Waals surface area contributed by atoms with Gasteiger partial charge in [-0.05, 0) is 50.1 Å². The van der Waals surface area contributed by atoms with Crippen LogP contribution in [-0.4, -0.2) is 23.8 Å². The van der Waals surface area contributed by atoms with E-state index in [1.807, 2.05) is 23.9 Å². The van der Waals surface area contributed by atoms with Crippen molar-refractivity contribution in [2.75, 3.05) is 12.8 Å². The Morgan fingerprint density at radius 1 is 1.47 bits per heavy atom. The van der Waals surface area contributed by atoms with Crippen molar-refractivity contribution in [1.82, 2.24) is 10.3 Å². The lowest BCUT2D eigenvalue weighted by atomic mass is 10.0. The molecule has 1 aromatic heterocycles. The number of rotatable bonds is 5. The second-order valence-electron chi connectivity index (χ2n) is 4.54. The summed E-state index contributed by atoms with van der Waals surface area (Å²) in [5, 5.41) is 5.21. The first kappa shape index (κ1) is 13.2. The molecule has 1 heterocycles. The summed E-state index contributed by atoms with van der Waals surface area (Å²) in [4.78, 5) is 4.30. The molecule has 1 N–H and O–H groups in total. The van der Waals surface area contributed by atoms with E-state index in [0.717, 1.165) is 22.7 Å². The van der Waals surface area contributed by atoms with Crippen LogP contribution in [0.1, 0.15) is 25.7 Å². The van der Waals surface area contributed by atoms with Crippen LogP contribution in [0.3, 0.4) is 0 Å². The maximum absolute atomic E-state index is 5.81. The predicted octanol–water partition coefficient (Wildman–Crippen LogP) is 3.61. The highest BCUT2D eigenvalue weighted by Gasteiger charge is 2.25. The van der Waals surface area contributed by atoms with Gasteiger partial charge in [0.25, 0.3) is 0 Å². The molecule has 0 spiro atoms. The fourth-order valence-electron chi connectivity index (χ4n) is 2.52. The molecule has 1 aliphatic rings. The number of hydrogen-bond acceptors (Lipinski definition) is 3. The highest BCUT2D eigenvalue weighted by atomic mass is 35.5. The summed E-state index contributed by atoms with van der Waals surface area (Å²) in [5.74, 6) is 2.00. The third-order valence-corrected chi connectivity index (χ3v) is 4.67. The molecule has 0 bridgehead atoms. The second kappa shape index (κ2) is 6.62. The van der Waals surface area contributed by atoms with Crippen molar-refractivity contribution < 1.29 is 0 Å². The molecule has 2 unspecified atom stereocenters. The topological polar surface area (TPSA) is 24.9 Å². The summed E-state index contributed by atoms with van der Waals surface area (Å²) in [6, 6.07) is 4.63. The largest absolute Gasteiger partial charge is 0.317 e. The third kappa shape index (κ3) is 3.87. The highest BCUT2D eigenvalue weighted by Crippen LogP contribution is 2.30. The minimum absolute atomic E-state index is 0.709.